The number of unbranched alkanes of at least 4 members (excludes halogenated alkanes) is 1. The summed E-state index contributed by atoms with van der Waals surface area (Å²) in [7, 11) is 0. The van der Waals surface area contributed by atoms with Gasteiger partial charge in [0.05, 0.1) is 6.61 Å². The maximum Gasteiger partial charge on any atom is 0.407 e. The number of hydrogen-bond acceptors (Lipinski definition) is 3. The SMILES string of the molecule is CCCCOc1c(C)cc(CNC(=O)OC(C)(C)C)cc1C. The molecule has 0 heterocycles. The van der Waals surface area contributed by atoms with Gasteiger partial charge in [-0.25, -0.2) is 4.79 Å². The molecule has 4 nitrogen and oxygen atoms in total. The van der Waals surface area contributed by atoms with Crippen LogP contribution in [-0.4, -0.2) is 18.3 Å². The maximum atomic E-state index is 11.7. The van der Waals surface area contributed by atoms with Crippen LogP contribution in [0.4, 0.5) is 4.79 Å². The van der Waals surface area contributed by atoms with Crippen molar-refractivity contribution in [3.63, 3.8) is 0 Å². The van der Waals surface area contributed by atoms with E-state index in [1.165, 1.54) is 0 Å². The Bertz CT molecular complexity index is 481. The standard InChI is InChI=1S/C18H29NO3/c1-7-8-9-21-16-13(2)10-15(11-14(16)3)12-19-17(20)22-18(4,5)6/h10-11H,7-9,12H2,1-6H3,(H,19,20). The number of benzene rings is 1. The van der Waals surface area contributed by atoms with E-state index in [1.54, 1.807) is 0 Å². The van der Waals surface area contributed by atoms with Crippen molar-refractivity contribution in [2.75, 3.05) is 6.61 Å². The number of alkyl carbamates (subject to hydrolysis) is 1. The summed E-state index contributed by atoms with van der Waals surface area (Å²) in [6, 6.07) is 4.09. The lowest BCUT2D eigenvalue weighted by atomic mass is 10.1. The molecule has 0 fully saturated rings. The molecule has 0 saturated carbocycles. The van der Waals surface area contributed by atoms with Crippen molar-refractivity contribution in [1.82, 2.24) is 5.32 Å². The number of carbonyl (C=O) groups excluding carboxylic acids is 1. The summed E-state index contributed by atoms with van der Waals surface area (Å²) < 4.78 is 11.1. The molecule has 1 aromatic rings. The number of ether oxygens (including phenoxy) is 2. The predicted octanol–water partition coefficient (Wildman–Crippen LogP) is 4.51. The van der Waals surface area contributed by atoms with Crippen LogP contribution in [0.1, 0.15) is 57.2 Å². The van der Waals surface area contributed by atoms with Gasteiger partial charge in [0.2, 0.25) is 0 Å². The summed E-state index contributed by atoms with van der Waals surface area (Å²) in [5, 5.41) is 2.78. The number of hydrogen-bond donors (Lipinski definition) is 1. The maximum absolute atomic E-state index is 11.7. The predicted molar refractivity (Wildman–Crippen MR) is 89.4 cm³/mol. The summed E-state index contributed by atoms with van der Waals surface area (Å²) >= 11 is 0. The quantitative estimate of drug-likeness (QED) is 0.787. The second kappa shape index (κ2) is 8.06. The van der Waals surface area contributed by atoms with Gasteiger partial charge in [-0.15, -0.1) is 0 Å². The van der Waals surface area contributed by atoms with Crippen LogP contribution in [0.3, 0.4) is 0 Å². The molecular weight excluding hydrogens is 278 g/mol. The second-order valence-corrected chi connectivity index (χ2v) is 6.62. The highest BCUT2D eigenvalue weighted by Gasteiger charge is 2.16. The van der Waals surface area contributed by atoms with Crippen molar-refractivity contribution in [2.24, 2.45) is 0 Å². The minimum absolute atomic E-state index is 0.397. The lowest BCUT2D eigenvalue weighted by Crippen LogP contribution is -2.32. The molecule has 1 aromatic carbocycles. The Morgan fingerprint density at radius 1 is 1.18 bits per heavy atom. The lowest BCUT2D eigenvalue weighted by Gasteiger charge is -2.20. The van der Waals surface area contributed by atoms with Crippen LogP contribution in [0.15, 0.2) is 12.1 Å². The van der Waals surface area contributed by atoms with E-state index in [9.17, 15) is 4.79 Å². The summed E-state index contributed by atoms with van der Waals surface area (Å²) in [5.74, 6) is 0.953. The first-order valence-electron chi connectivity index (χ1n) is 7.92. The molecule has 0 aliphatic heterocycles. The van der Waals surface area contributed by atoms with Gasteiger partial charge in [0, 0.05) is 6.54 Å². The van der Waals surface area contributed by atoms with Crippen molar-refractivity contribution in [2.45, 2.75) is 66.5 Å². The van der Waals surface area contributed by atoms with E-state index in [1.807, 2.05) is 46.8 Å². The first-order valence-corrected chi connectivity index (χ1v) is 7.92. The molecule has 0 aromatic heterocycles. The molecule has 0 unspecified atom stereocenters. The molecule has 0 saturated heterocycles. The van der Waals surface area contributed by atoms with Crippen LogP contribution in [0.5, 0.6) is 5.75 Å². The van der Waals surface area contributed by atoms with Crippen LogP contribution in [0, 0.1) is 13.8 Å². The number of aryl methyl sites for hydroxylation is 2. The van der Waals surface area contributed by atoms with Crippen LogP contribution in [0.25, 0.3) is 0 Å². The molecule has 4 heteroatoms. The fourth-order valence-corrected chi connectivity index (χ4v) is 2.18. The molecule has 22 heavy (non-hydrogen) atoms. The van der Waals surface area contributed by atoms with E-state index in [2.05, 4.69) is 12.2 Å². The molecule has 0 spiro atoms. The van der Waals surface area contributed by atoms with E-state index in [4.69, 9.17) is 9.47 Å². The van der Waals surface area contributed by atoms with Gasteiger partial charge in [-0.2, -0.15) is 0 Å². The van der Waals surface area contributed by atoms with E-state index in [-0.39, 0.29) is 0 Å². The molecular formula is C18H29NO3. The minimum Gasteiger partial charge on any atom is -0.493 e. The van der Waals surface area contributed by atoms with Crippen LogP contribution >= 0.6 is 0 Å². The van der Waals surface area contributed by atoms with Gasteiger partial charge in [-0.05, 0) is 57.7 Å². The van der Waals surface area contributed by atoms with Gasteiger partial charge in [0.15, 0.2) is 0 Å². The smallest absolute Gasteiger partial charge is 0.407 e. The first kappa shape index (κ1) is 18.3. The Morgan fingerprint density at radius 3 is 2.27 bits per heavy atom. The van der Waals surface area contributed by atoms with Gasteiger partial charge in [0.1, 0.15) is 11.4 Å². The molecule has 1 N–H and O–H groups in total. The second-order valence-electron chi connectivity index (χ2n) is 6.62. The highest BCUT2D eigenvalue weighted by atomic mass is 16.6. The Balaban J connectivity index is 2.64. The molecule has 0 radical (unpaired) electrons. The topological polar surface area (TPSA) is 47.6 Å². The fourth-order valence-electron chi connectivity index (χ4n) is 2.18. The normalized spacial score (nSPS) is 11.2. The van der Waals surface area contributed by atoms with Crippen molar-refractivity contribution < 1.29 is 14.3 Å². The highest BCUT2D eigenvalue weighted by molar-refractivity contribution is 5.67. The Kier molecular flexibility index (Phi) is 6.72. The van der Waals surface area contributed by atoms with Gasteiger partial charge in [-0.3, -0.25) is 0 Å². The summed E-state index contributed by atoms with van der Waals surface area (Å²) in [4.78, 5) is 11.7. The van der Waals surface area contributed by atoms with E-state index in [0.717, 1.165) is 41.9 Å². The zero-order chi connectivity index (χ0) is 16.8. The molecule has 124 valence electrons. The van der Waals surface area contributed by atoms with Crippen LogP contribution in [-0.2, 0) is 11.3 Å². The van der Waals surface area contributed by atoms with Gasteiger partial charge < -0.3 is 14.8 Å². The van der Waals surface area contributed by atoms with Crippen molar-refractivity contribution in [1.29, 1.82) is 0 Å². The fraction of sp³-hybridized carbons (Fsp3) is 0.611. The zero-order valence-corrected chi connectivity index (χ0v) is 14.7. The zero-order valence-electron chi connectivity index (χ0n) is 14.7. The third-order valence-corrected chi connectivity index (χ3v) is 3.10. The first-order chi connectivity index (χ1) is 10.2. The average molecular weight is 307 g/mol. The monoisotopic (exact) mass is 307 g/mol. The molecule has 0 atom stereocenters. The molecule has 0 bridgehead atoms. The Labute approximate surface area is 134 Å². The largest absolute Gasteiger partial charge is 0.493 e. The Hall–Kier alpha value is -1.71. The van der Waals surface area contributed by atoms with Crippen LogP contribution in [0.2, 0.25) is 0 Å². The Morgan fingerprint density at radius 2 is 1.77 bits per heavy atom. The van der Waals surface area contributed by atoms with Crippen molar-refractivity contribution in [3.05, 3.63) is 28.8 Å². The van der Waals surface area contributed by atoms with Gasteiger partial charge in [-0.1, -0.05) is 25.5 Å². The van der Waals surface area contributed by atoms with Crippen molar-refractivity contribution in [3.8, 4) is 5.75 Å². The number of carbonyl (C=O) groups is 1. The third kappa shape index (κ3) is 6.37. The molecule has 0 aliphatic rings. The number of amides is 1. The van der Waals surface area contributed by atoms with Gasteiger partial charge in [0.25, 0.3) is 0 Å². The van der Waals surface area contributed by atoms with Gasteiger partial charge >= 0.3 is 6.09 Å². The lowest BCUT2D eigenvalue weighted by molar-refractivity contribution is 0.0523. The van der Waals surface area contributed by atoms with E-state index >= 15 is 0 Å². The number of nitrogens with one attached hydrogen (secondary N) is 1. The minimum atomic E-state index is -0.479. The summed E-state index contributed by atoms with van der Waals surface area (Å²) in [6.45, 7) is 13.0. The third-order valence-electron chi connectivity index (χ3n) is 3.10. The molecule has 1 amide bonds. The molecule has 0 aliphatic carbocycles. The van der Waals surface area contributed by atoms with Crippen molar-refractivity contribution >= 4 is 6.09 Å². The number of rotatable bonds is 6. The molecule has 1 rings (SSSR count). The van der Waals surface area contributed by atoms with E-state index < -0.39 is 11.7 Å². The summed E-state index contributed by atoms with van der Waals surface area (Å²) in [6.07, 6.45) is 1.78. The average Bonchev–Trinajstić information content (AvgIpc) is 2.37. The van der Waals surface area contributed by atoms with Crippen LogP contribution < -0.4 is 10.1 Å². The van der Waals surface area contributed by atoms with E-state index in [0.29, 0.717) is 6.54 Å². The summed E-state index contributed by atoms with van der Waals surface area (Å²) in [5.41, 5.74) is 2.75. The highest BCUT2D eigenvalue weighted by Crippen LogP contribution is 2.25.